The van der Waals surface area contributed by atoms with Crippen molar-refractivity contribution in [2.75, 3.05) is 11.2 Å². The minimum absolute atomic E-state index is 0.130. The molecule has 0 saturated heterocycles. The molecule has 1 atom stereocenters. The third kappa shape index (κ3) is 4.66. The molecule has 0 unspecified atom stereocenters. The highest BCUT2D eigenvalue weighted by Crippen LogP contribution is 2.27. The van der Waals surface area contributed by atoms with Gasteiger partial charge in [-0.3, -0.25) is 4.79 Å². The maximum atomic E-state index is 12.5. The van der Waals surface area contributed by atoms with Crippen LogP contribution in [0, 0.1) is 0 Å². The van der Waals surface area contributed by atoms with Crippen molar-refractivity contribution < 1.29 is 4.79 Å². The number of thioether (sulfide) groups is 1. The topological polar surface area (TPSA) is 85.8 Å². The SMILES string of the molecule is CC(C)c1ccc(NC(=O)[C@H](C)Sc2nnc(-c3cccc(Cl)c3)n2N)cc1. The molecule has 8 heteroatoms. The summed E-state index contributed by atoms with van der Waals surface area (Å²) in [7, 11) is 0. The Balaban J connectivity index is 1.67. The summed E-state index contributed by atoms with van der Waals surface area (Å²) in [5.41, 5.74) is 2.75. The Morgan fingerprint density at radius 3 is 2.50 bits per heavy atom. The van der Waals surface area contributed by atoms with Gasteiger partial charge in [-0.25, -0.2) is 4.68 Å². The Hall–Kier alpha value is -2.51. The number of carbonyl (C=O) groups is 1. The second kappa shape index (κ2) is 8.67. The van der Waals surface area contributed by atoms with Crippen LogP contribution in [0.2, 0.25) is 5.02 Å². The maximum absolute atomic E-state index is 12.5. The normalized spacial score (nSPS) is 12.2. The van der Waals surface area contributed by atoms with Crippen molar-refractivity contribution in [3.63, 3.8) is 0 Å². The number of amides is 1. The van der Waals surface area contributed by atoms with Crippen LogP contribution in [0.25, 0.3) is 11.4 Å². The van der Waals surface area contributed by atoms with Gasteiger partial charge in [0.1, 0.15) is 0 Å². The largest absolute Gasteiger partial charge is 0.335 e. The van der Waals surface area contributed by atoms with Crippen molar-refractivity contribution in [1.29, 1.82) is 0 Å². The van der Waals surface area contributed by atoms with Gasteiger partial charge in [0.25, 0.3) is 0 Å². The van der Waals surface area contributed by atoms with E-state index < -0.39 is 5.25 Å². The van der Waals surface area contributed by atoms with Crippen molar-refractivity contribution in [3.8, 4) is 11.4 Å². The first-order valence-corrected chi connectivity index (χ1v) is 10.1. The van der Waals surface area contributed by atoms with E-state index in [1.54, 1.807) is 19.1 Å². The number of anilines is 1. The molecule has 3 N–H and O–H groups in total. The molecule has 0 fully saturated rings. The molecule has 3 rings (SSSR count). The van der Waals surface area contributed by atoms with Crippen LogP contribution < -0.4 is 11.2 Å². The first kappa shape index (κ1) is 20.2. The predicted molar refractivity (Wildman–Crippen MR) is 115 cm³/mol. The zero-order valence-corrected chi connectivity index (χ0v) is 17.5. The first-order chi connectivity index (χ1) is 13.3. The summed E-state index contributed by atoms with van der Waals surface area (Å²) in [5.74, 6) is 6.93. The van der Waals surface area contributed by atoms with Crippen LogP contribution >= 0.6 is 23.4 Å². The highest BCUT2D eigenvalue weighted by Gasteiger charge is 2.20. The van der Waals surface area contributed by atoms with E-state index in [1.807, 2.05) is 36.4 Å². The molecule has 1 heterocycles. The average Bonchev–Trinajstić information content (AvgIpc) is 3.02. The molecule has 0 radical (unpaired) electrons. The van der Waals surface area contributed by atoms with Crippen LogP contribution in [0.15, 0.2) is 53.7 Å². The molecule has 28 heavy (non-hydrogen) atoms. The van der Waals surface area contributed by atoms with Gasteiger partial charge in [0, 0.05) is 16.3 Å². The van der Waals surface area contributed by atoms with E-state index in [-0.39, 0.29) is 5.91 Å². The summed E-state index contributed by atoms with van der Waals surface area (Å²) in [6.45, 7) is 6.07. The fraction of sp³-hybridized carbons (Fsp3) is 0.250. The molecular weight excluding hydrogens is 394 g/mol. The molecule has 3 aromatic rings. The van der Waals surface area contributed by atoms with Gasteiger partial charge >= 0.3 is 0 Å². The highest BCUT2D eigenvalue weighted by atomic mass is 35.5. The number of halogens is 1. The van der Waals surface area contributed by atoms with Gasteiger partial charge < -0.3 is 11.2 Å². The second-order valence-electron chi connectivity index (χ2n) is 6.71. The minimum atomic E-state index is -0.400. The molecular formula is C20H22ClN5OS. The molecule has 0 bridgehead atoms. The number of hydrogen-bond donors (Lipinski definition) is 2. The summed E-state index contributed by atoms with van der Waals surface area (Å²) < 4.78 is 1.37. The number of hydrogen-bond acceptors (Lipinski definition) is 5. The Morgan fingerprint density at radius 2 is 1.86 bits per heavy atom. The quantitative estimate of drug-likeness (QED) is 0.455. The molecule has 0 aliphatic rings. The predicted octanol–water partition coefficient (Wildman–Crippen LogP) is 4.56. The maximum Gasteiger partial charge on any atom is 0.237 e. The second-order valence-corrected chi connectivity index (χ2v) is 8.46. The smallest absolute Gasteiger partial charge is 0.237 e. The number of nitrogens with zero attached hydrogens (tertiary/aromatic N) is 3. The molecule has 0 spiro atoms. The van der Waals surface area contributed by atoms with Gasteiger partial charge in [0.05, 0.1) is 5.25 Å². The van der Waals surface area contributed by atoms with Crippen molar-refractivity contribution >= 4 is 35.0 Å². The lowest BCUT2D eigenvalue weighted by Gasteiger charge is -2.12. The zero-order valence-electron chi connectivity index (χ0n) is 15.9. The van der Waals surface area contributed by atoms with Gasteiger partial charge in [-0.1, -0.05) is 61.5 Å². The van der Waals surface area contributed by atoms with Gasteiger partial charge in [-0.2, -0.15) is 0 Å². The minimum Gasteiger partial charge on any atom is -0.335 e. The van der Waals surface area contributed by atoms with E-state index in [4.69, 9.17) is 17.4 Å². The number of nitrogens with one attached hydrogen (secondary N) is 1. The number of carbonyl (C=O) groups excluding carboxylic acids is 1. The number of nitrogens with two attached hydrogens (primary N) is 1. The summed E-state index contributed by atoms with van der Waals surface area (Å²) in [6.07, 6.45) is 0. The summed E-state index contributed by atoms with van der Waals surface area (Å²) in [5, 5.41) is 11.8. The molecule has 6 nitrogen and oxygen atoms in total. The zero-order chi connectivity index (χ0) is 20.3. The van der Waals surface area contributed by atoms with Gasteiger partial charge in [0.2, 0.25) is 11.1 Å². The summed E-state index contributed by atoms with van der Waals surface area (Å²) in [4.78, 5) is 12.5. The number of rotatable bonds is 6. The lowest BCUT2D eigenvalue weighted by molar-refractivity contribution is -0.115. The third-order valence-corrected chi connectivity index (χ3v) is 5.54. The van der Waals surface area contributed by atoms with E-state index in [0.717, 1.165) is 11.3 Å². The van der Waals surface area contributed by atoms with Crippen LogP contribution in [0.5, 0.6) is 0 Å². The molecule has 0 aliphatic heterocycles. The van der Waals surface area contributed by atoms with Crippen molar-refractivity contribution in [2.24, 2.45) is 0 Å². The lowest BCUT2D eigenvalue weighted by Crippen LogP contribution is -2.23. The average molecular weight is 416 g/mol. The van der Waals surface area contributed by atoms with E-state index in [2.05, 4.69) is 29.4 Å². The van der Waals surface area contributed by atoms with Crippen LogP contribution in [0.3, 0.4) is 0 Å². The number of aromatic nitrogens is 3. The summed E-state index contributed by atoms with van der Waals surface area (Å²) in [6, 6.07) is 15.1. The molecule has 146 valence electrons. The van der Waals surface area contributed by atoms with Crippen LogP contribution in [-0.4, -0.2) is 26.0 Å². The Kier molecular flexibility index (Phi) is 6.26. The molecule has 0 aliphatic carbocycles. The van der Waals surface area contributed by atoms with Crippen LogP contribution in [0.1, 0.15) is 32.3 Å². The number of benzene rings is 2. The summed E-state index contributed by atoms with van der Waals surface area (Å²) >= 11 is 7.27. The lowest BCUT2D eigenvalue weighted by atomic mass is 10.0. The van der Waals surface area contributed by atoms with E-state index in [0.29, 0.717) is 21.9 Å². The molecule has 2 aromatic carbocycles. The number of nitrogen functional groups attached to an aromatic ring is 1. The van der Waals surface area contributed by atoms with Crippen LogP contribution in [-0.2, 0) is 4.79 Å². The molecule has 1 aromatic heterocycles. The van der Waals surface area contributed by atoms with Crippen molar-refractivity contribution in [3.05, 3.63) is 59.1 Å². The molecule has 0 saturated carbocycles. The Labute approximate surface area is 173 Å². The van der Waals surface area contributed by atoms with Crippen LogP contribution in [0.4, 0.5) is 5.69 Å². The Morgan fingerprint density at radius 1 is 1.14 bits per heavy atom. The van der Waals surface area contributed by atoms with Gasteiger partial charge in [-0.15, -0.1) is 10.2 Å². The highest BCUT2D eigenvalue weighted by molar-refractivity contribution is 8.00. The Bertz CT molecular complexity index is 971. The molecule has 1 amide bonds. The third-order valence-electron chi connectivity index (χ3n) is 4.24. The fourth-order valence-electron chi connectivity index (χ4n) is 2.59. The van der Waals surface area contributed by atoms with E-state index in [1.165, 1.54) is 22.0 Å². The van der Waals surface area contributed by atoms with Gasteiger partial charge in [0.15, 0.2) is 5.82 Å². The van der Waals surface area contributed by atoms with Gasteiger partial charge in [-0.05, 0) is 42.7 Å². The first-order valence-electron chi connectivity index (χ1n) is 8.89. The van der Waals surface area contributed by atoms with Crippen molar-refractivity contribution in [1.82, 2.24) is 14.9 Å². The standard InChI is InChI=1S/C20H22ClN5OS/c1-12(2)14-7-9-17(10-8-14)23-19(27)13(3)28-20-25-24-18(26(20)22)15-5-4-6-16(21)11-15/h4-13H,22H2,1-3H3,(H,23,27)/t13-/m0/s1. The van der Waals surface area contributed by atoms with E-state index >= 15 is 0 Å². The monoisotopic (exact) mass is 415 g/mol. The fourth-order valence-corrected chi connectivity index (χ4v) is 3.55. The van der Waals surface area contributed by atoms with Crippen molar-refractivity contribution in [2.45, 2.75) is 37.1 Å². The van der Waals surface area contributed by atoms with E-state index in [9.17, 15) is 4.79 Å².